The molecule has 0 saturated heterocycles. The Bertz CT molecular complexity index is 1160. The SMILES string of the molecule is COc1cccc(-c2nc(CS(=O)(=O)CC(=O)NC(C)CCc3ccccc3)c(C)o2)c1. The Labute approximate surface area is 188 Å². The van der Waals surface area contributed by atoms with Gasteiger partial charge in [0, 0.05) is 11.6 Å². The van der Waals surface area contributed by atoms with Gasteiger partial charge in [-0.05, 0) is 50.5 Å². The molecular weight excluding hydrogens is 428 g/mol. The lowest BCUT2D eigenvalue weighted by atomic mass is 10.1. The number of hydrogen-bond donors (Lipinski definition) is 1. The van der Waals surface area contributed by atoms with Crippen molar-refractivity contribution >= 4 is 15.7 Å². The summed E-state index contributed by atoms with van der Waals surface area (Å²) < 4.78 is 36.1. The number of aryl methyl sites for hydroxylation is 2. The fourth-order valence-corrected chi connectivity index (χ4v) is 4.59. The quantitative estimate of drug-likeness (QED) is 0.499. The Hall–Kier alpha value is -3.13. The van der Waals surface area contributed by atoms with Crippen molar-refractivity contribution in [3.63, 3.8) is 0 Å². The minimum atomic E-state index is -3.71. The monoisotopic (exact) mass is 456 g/mol. The first-order chi connectivity index (χ1) is 15.3. The van der Waals surface area contributed by atoms with Crippen LogP contribution in [0.5, 0.6) is 5.75 Å². The second-order valence-electron chi connectivity index (χ2n) is 7.78. The van der Waals surface area contributed by atoms with Crippen molar-refractivity contribution < 1.29 is 22.4 Å². The first-order valence-corrected chi connectivity index (χ1v) is 12.2. The minimum absolute atomic E-state index is 0.133. The lowest BCUT2D eigenvalue weighted by Crippen LogP contribution is -2.37. The third-order valence-electron chi connectivity index (χ3n) is 5.03. The van der Waals surface area contributed by atoms with Gasteiger partial charge in [0.1, 0.15) is 17.3 Å². The van der Waals surface area contributed by atoms with E-state index in [0.717, 1.165) is 12.8 Å². The van der Waals surface area contributed by atoms with Gasteiger partial charge in [0.05, 0.1) is 18.6 Å². The second-order valence-corrected chi connectivity index (χ2v) is 9.84. The van der Waals surface area contributed by atoms with Gasteiger partial charge in [-0.3, -0.25) is 4.79 Å². The zero-order valence-corrected chi connectivity index (χ0v) is 19.3. The molecule has 1 atom stereocenters. The van der Waals surface area contributed by atoms with E-state index in [-0.39, 0.29) is 11.8 Å². The molecule has 0 spiro atoms. The maximum atomic E-state index is 12.6. The Balaban J connectivity index is 1.57. The largest absolute Gasteiger partial charge is 0.497 e. The maximum Gasteiger partial charge on any atom is 0.235 e. The van der Waals surface area contributed by atoms with Crippen LogP contribution in [0.4, 0.5) is 0 Å². The molecule has 1 amide bonds. The van der Waals surface area contributed by atoms with E-state index in [4.69, 9.17) is 9.15 Å². The molecule has 1 heterocycles. The molecule has 0 aliphatic rings. The number of carbonyl (C=O) groups excluding carboxylic acids is 1. The normalized spacial score (nSPS) is 12.3. The third-order valence-corrected chi connectivity index (χ3v) is 6.45. The number of nitrogens with zero attached hydrogens (tertiary/aromatic N) is 1. The Kier molecular flexibility index (Phi) is 7.69. The number of oxazole rings is 1. The second kappa shape index (κ2) is 10.5. The molecule has 1 N–H and O–H groups in total. The summed E-state index contributed by atoms with van der Waals surface area (Å²) in [5.41, 5.74) is 2.16. The summed E-state index contributed by atoms with van der Waals surface area (Å²) in [7, 11) is -2.15. The standard InChI is InChI=1S/C24H28N2O5S/c1-17(12-13-19-8-5-4-6-9-19)25-23(27)16-32(28,29)15-22-18(2)31-24(26-22)20-10-7-11-21(14-20)30-3/h4-11,14,17H,12-13,15-16H2,1-3H3,(H,25,27). The first kappa shape index (κ1) is 23.5. The highest BCUT2D eigenvalue weighted by atomic mass is 32.2. The summed E-state index contributed by atoms with van der Waals surface area (Å²) in [6.45, 7) is 3.53. The van der Waals surface area contributed by atoms with E-state index in [1.807, 2.05) is 37.3 Å². The lowest BCUT2D eigenvalue weighted by Gasteiger charge is -2.14. The molecule has 8 heteroatoms. The van der Waals surface area contributed by atoms with E-state index >= 15 is 0 Å². The van der Waals surface area contributed by atoms with Crippen LogP contribution in [0.1, 0.15) is 30.4 Å². The van der Waals surface area contributed by atoms with Gasteiger partial charge in [-0.25, -0.2) is 13.4 Å². The molecular formula is C24H28N2O5S. The van der Waals surface area contributed by atoms with Crippen LogP contribution in [0.2, 0.25) is 0 Å². The van der Waals surface area contributed by atoms with Crippen LogP contribution in [-0.4, -0.2) is 38.2 Å². The topological polar surface area (TPSA) is 98.5 Å². The average molecular weight is 457 g/mol. The van der Waals surface area contributed by atoms with E-state index in [1.54, 1.807) is 38.3 Å². The molecule has 1 aromatic heterocycles. The zero-order chi connectivity index (χ0) is 23.1. The van der Waals surface area contributed by atoms with E-state index in [1.165, 1.54) is 5.56 Å². The Morgan fingerprint density at radius 2 is 1.91 bits per heavy atom. The van der Waals surface area contributed by atoms with Crippen LogP contribution < -0.4 is 10.1 Å². The number of ether oxygens (including phenoxy) is 1. The van der Waals surface area contributed by atoms with Crippen molar-refractivity contribution in [3.8, 4) is 17.2 Å². The average Bonchev–Trinajstić information content (AvgIpc) is 3.12. The molecule has 0 aliphatic heterocycles. The van der Waals surface area contributed by atoms with E-state index in [2.05, 4.69) is 10.3 Å². The van der Waals surface area contributed by atoms with Crippen molar-refractivity contribution in [2.24, 2.45) is 0 Å². The highest BCUT2D eigenvalue weighted by Crippen LogP contribution is 2.26. The van der Waals surface area contributed by atoms with Crippen LogP contribution >= 0.6 is 0 Å². The fraction of sp³-hybridized carbons (Fsp3) is 0.333. The molecule has 0 saturated carbocycles. The Morgan fingerprint density at radius 3 is 2.62 bits per heavy atom. The zero-order valence-electron chi connectivity index (χ0n) is 18.5. The van der Waals surface area contributed by atoms with Gasteiger partial charge in [0.25, 0.3) is 0 Å². The predicted molar refractivity (Wildman–Crippen MR) is 123 cm³/mol. The van der Waals surface area contributed by atoms with Crippen molar-refractivity contribution in [2.45, 2.75) is 38.5 Å². The molecule has 0 radical (unpaired) electrons. The first-order valence-electron chi connectivity index (χ1n) is 10.4. The van der Waals surface area contributed by atoms with Gasteiger partial charge < -0.3 is 14.5 Å². The van der Waals surface area contributed by atoms with Gasteiger partial charge >= 0.3 is 0 Å². The summed E-state index contributed by atoms with van der Waals surface area (Å²) in [4.78, 5) is 16.6. The molecule has 2 aromatic carbocycles. The molecule has 32 heavy (non-hydrogen) atoms. The number of methoxy groups -OCH3 is 1. The van der Waals surface area contributed by atoms with Gasteiger partial charge in [-0.15, -0.1) is 0 Å². The van der Waals surface area contributed by atoms with Gasteiger partial charge in [0.2, 0.25) is 11.8 Å². The van der Waals surface area contributed by atoms with E-state index in [9.17, 15) is 13.2 Å². The molecule has 3 rings (SSSR count). The highest BCUT2D eigenvalue weighted by Gasteiger charge is 2.23. The molecule has 3 aromatic rings. The fourth-order valence-electron chi connectivity index (χ4n) is 3.32. The van der Waals surface area contributed by atoms with E-state index in [0.29, 0.717) is 28.7 Å². The van der Waals surface area contributed by atoms with Gasteiger partial charge in [0.15, 0.2) is 9.84 Å². The minimum Gasteiger partial charge on any atom is -0.497 e. The molecule has 7 nitrogen and oxygen atoms in total. The summed E-state index contributed by atoms with van der Waals surface area (Å²) in [5, 5.41) is 2.77. The number of aromatic nitrogens is 1. The van der Waals surface area contributed by atoms with Crippen LogP contribution in [0, 0.1) is 6.92 Å². The number of carbonyl (C=O) groups is 1. The van der Waals surface area contributed by atoms with Gasteiger partial charge in [-0.2, -0.15) is 0 Å². The van der Waals surface area contributed by atoms with Crippen molar-refractivity contribution in [1.29, 1.82) is 0 Å². The van der Waals surface area contributed by atoms with Crippen LogP contribution in [-0.2, 0) is 26.8 Å². The number of benzene rings is 2. The number of sulfone groups is 1. The van der Waals surface area contributed by atoms with Crippen molar-refractivity contribution in [1.82, 2.24) is 10.3 Å². The maximum absolute atomic E-state index is 12.6. The summed E-state index contributed by atoms with van der Waals surface area (Å²) in [6, 6.07) is 17.0. The van der Waals surface area contributed by atoms with Crippen molar-refractivity contribution in [3.05, 3.63) is 71.6 Å². The smallest absolute Gasteiger partial charge is 0.235 e. The van der Waals surface area contributed by atoms with Crippen LogP contribution in [0.25, 0.3) is 11.5 Å². The van der Waals surface area contributed by atoms with E-state index < -0.39 is 21.5 Å². The summed E-state index contributed by atoms with van der Waals surface area (Å²) in [6.07, 6.45) is 1.53. The number of rotatable bonds is 10. The molecule has 0 bridgehead atoms. The summed E-state index contributed by atoms with van der Waals surface area (Å²) >= 11 is 0. The molecule has 0 fully saturated rings. The van der Waals surface area contributed by atoms with Gasteiger partial charge in [-0.1, -0.05) is 36.4 Å². The third kappa shape index (κ3) is 6.68. The summed E-state index contributed by atoms with van der Waals surface area (Å²) in [5.74, 6) is -0.111. The number of hydrogen-bond acceptors (Lipinski definition) is 6. The molecule has 0 aliphatic carbocycles. The van der Waals surface area contributed by atoms with Crippen LogP contribution in [0.15, 0.2) is 59.0 Å². The lowest BCUT2D eigenvalue weighted by molar-refractivity contribution is -0.119. The molecule has 1 unspecified atom stereocenters. The predicted octanol–water partition coefficient (Wildman–Crippen LogP) is 3.71. The number of amides is 1. The number of nitrogens with one attached hydrogen (secondary N) is 1. The van der Waals surface area contributed by atoms with Crippen molar-refractivity contribution in [2.75, 3.05) is 12.9 Å². The Morgan fingerprint density at radius 1 is 1.16 bits per heavy atom. The highest BCUT2D eigenvalue weighted by molar-refractivity contribution is 7.91. The molecule has 170 valence electrons. The van der Waals surface area contributed by atoms with Crippen LogP contribution in [0.3, 0.4) is 0 Å².